The summed E-state index contributed by atoms with van der Waals surface area (Å²) in [6, 6.07) is 0. The molecule has 1 saturated heterocycles. The maximum Gasteiger partial charge on any atom is 0.236 e. The van der Waals surface area contributed by atoms with E-state index >= 15 is 0 Å². The maximum absolute atomic E-state index is 11.7. The number of amides is 1. The molecule has 5 heteroatoms. The van der Waals surface area contributed by atoms with Gasteiger partial charge in [0.1, 0.15) is 0 Å². The Bertz CT molecular complexity index is 223. The zero-order valence-corrected chi connectivity index (χ0v) is 9.93. The van der Waals surface area contributed by atoms with Crippen LogP contribution in [-0.2, 0) is 4.79 Å². The molecule has 0 aliphatic carbocycles. The topological polar surface area (TPSA) is 64.0 Å². The van der Waals surface area contributed by atoms with Gasteiger partial charge in [-0.05, 0) is 6.42 Å². The second-order valence-electron chi connectivity index (χ2n) is 4.31. The summed E-state index contributed by atoms with van der Waals surface area (Å²) in [5, 5.41) is 18.0. The second-order valence-corrected chi connectivity index (χ2v) is 4.31. The lowest BCUT2D eigenvalue weighted by molar-refractivity contribution is -0.136. The zero-order valence-electron chi connectivity index (χ0n) is 9.93. The number of hydrogen-bond donors (Lipinski definition) is 2. The minimum Gasteiger partial charge on any atom is -0.394 e. The van der Waals surface area contributed by atoms with Crippen molar-refractivity contribution in [1.29, 1.82) is 0 Å². The summed E-state index contributed by atoms with van der Waals surface area (Å²) >= 11 is 0. The van der Waals surface area contributed by atoms with Crippen molar-refractivity contribution in [3.8, 4) is 0 Å². The number of hydrogen-bond acceptors (Lipinski definition) is 4. The third-order valence-corrected chi connectivity index (χ3v) is 2.86. The van der Waals surface area contributed by atoms with Crippen LogP contribution < -0.4 is 0 Å². The molecule has 5 nitrogen and oxygen atoms in total. The van der Waals surface area contributed by atoms with E-state index in [9.17, 15) is 9.90 Å². The molecule has 0 aromatic carbocycles. The molecule has 1 fully saturated rings. The van der Waals surface area contributed by atoms with Crippen LogP contribution in [0.1, 0.15) is 19.8 Å². The van der Waals surface area contributed by atoms with Gasteiger partial charge in [-0.3, -0.25) is 9.69 Å². The number of aliphatic hydroxyl groups is 2. The summed E-state index contributed by atoms with van der Waals surface area (Å²) in [4.78, 5) is 15.5. The van der Waals surface area contributed by atoms with Crippen LogP contribution in [0.4, 0.5) is 0 Å². The van der Waals surface area contributed by atoms with E-state index in [1.165, 1.54) is 0 Å². The van der Waals surface area contributed by atoms with Gasteiger partial charge in [-0.25, -0.2) is 0 Å². The highest BCUT2D eigenvalue weighted by Crippen LogP contribution is 2.05. The lowest BCUT2D eigenvalue weighted by Crippen LogP contribution is -2.52. The largest absolute Gasteiger partial charge is 0.394 e. The number of nitrogens with zero attached hydrogens (tertiary/aromatic N) is 2. The standard InChI is InChI=1S/C11H22N2O3/c1-2-3-4-13-6-5-12(8-11(13)16)7-10(15)9-14/h10,14-15H,2-9H2,1H3. The minimum atomic E-state index is -0.741. The predicted molar refractivity (Wildman–Crippen MR) is 61.0 cm³/mol. The van der Waals surface area contributed by atoms with Crippen LogP contribution in [0.2, 0.25) is 0 Å². The van der Waals surface area contributed by atoms with Crippen molar-refractivity contribution >= 4 is 5.91 Å². The highest BCUT2D eigenvalue weighted by Gasteiger charge is 2.24. The summed E-state index contributed by atoms with van der Waals surface area (Å²) in [5.41, 5.74) is 0. The van der Waals surface area contributed by atoms with Crippen molar-refractivity contribution in [3.05, 3.63) is 0 Å². The van der Waals surface area contributed by atoms with Crippen molar-refractivity contribution in [2.75, 3.05) is 39.3 Å². The molecule has 2 N–H and O–H groups in total. The molecule has 1 atom stereocenters. The molecule has 0 saturated carbocycles. The smallest absolute Gasteiger partial charge is 0.236 e. The lowest BCUT2D eigenvalue weighted by Gasteiger charge is -2.35. The van der Waals surface area contributed by atoms with E-state index in [-0.39, 0.29) is 12.5 Å². The Labute approximate surface area is 96.7 Å². The van der Waals surface area contributed by atoms with E-state index in [1.54, 1.807) is 0 Å². The van der Waals surface area contributed by atoms with Gasteiger partial charge in [0.25, 0.3) is 0 Å². The molecule has 94 valence electrons. The highest BCUT2D eigenvalue weighted by molar-refractivity contribution is 5.79. The van der Waals surface area contributed by atoms with Crippen LogP contribution in [-0.4, -0.2) is 71.4 Å². The number of carbonyl (C=O) groups is 1. The van der Waals surface area contributed by atoms with Gasteiger partial charge in [-0.15, -0.1) is 0 Å². The molecule has 1 amide bonds. The van der Waals surface area contributed by atoms with Crippen LogP contribution in [0.3, 0.4) is 0 Å². The van der Waals surface area contributed by atoms with Crippen LogP contribution in [0, 0.1) is 0 Å². The van der Waals surface area contributed by atoms with E-state index < -0.39 is 6.10 Å². The highest BCUT2D eigenvalue weighted by atomic mass is 16.3. The van der Waals surface area contributed by atoms with Crippen molar-refractivity contribution in [3.63, 3.8) is 0 Å². The third kappa shape index (κ3) is 4.08. The molecule has 0 radical (unpaired) electrons. The molecule has 1 unspecified atom stereocenters. The van der Waals surface area contributed by atoms with Crippen LogP contribution >= 0.6 is 0 Å². The second kappa shape index (κ2) is 6.83. The summed E-state index contributed by atoms with van der Waals surface area (Å²) in [7, 11) is 0. The number of carbonyl (C=O) groups excluding carboxylic acids is 1. The van der Waals surface area contributed by atoms with Crippen LogP contribution in [0.5, 0.6) is 0 Å². The molecule has 0 spiro atoms. The quantitative estimate of drug-likeness (QED) is 0.632. The normalized spacial score (nSPS) is 20.2. The van der Waals surface area contributed by atoms with Crippen molar-refractivity contribution in [2.24, 2.45) is 0 Å². The van der Waals surface area contributed by atoms with Gasteiger partial charge in [0.15, 0.2) is 0 Å². The van der Waals surface area contributed by atoms with E-state index in [0.717, 1.165) is 32.5 Å². The fourth-order valence-electron chi connectivity index (χ4n) is 1.85. The van der Waals surface area contributed by atoms with Gasteiger partial charge < -0.3 is 15.1 Å². The number of unbranched alkanes of at least 4 members (excludes halogenated alkanes) is 1. The average Bonchev–Trinajstić information content (AvgIpc) is 2.28. The lowest BCUT2D eigenvalue weighted by atomic mass is 10.2. The van der Waals surface area contributed by atoms with E-state index in [0.29, 0.717) is 13.1 Å². The Morgan fingerprint density at radius 1 is 1.44 bits per heavy atom. The van der Waals surface area contributed by atoms with Crippen LogP contribution in [0.15, 0.2) is 0 Å². The Morgan fingerprint density at radius 3 is 2.75 bits per heavy atom. The maximum atomic E-state index is 11.7. The first kappa shape index (κ1) is 13.4. The van der Waals surface area contributed by atoms with E-state index in [4.69, 9.17) is 5.11 Å². The molecule has 0 bridgehead atoms. The fourth-order valence-corrected chi connectivity index (χ4v) is 1.85. The van der Waals surface area contributed by atoms with Gasteiger partial charge >= 0.3 is 0 Å². The monoisotopic (exact) mass is 230 g/mol. The molecule has 0 aromatic rings. The van der Waals surface area contributed by atoms with Crippen molar-refractivity contribution in [2.45, 2.75) is 25.9 Å². The van der Waals surface area contributed by atoms with Crippen LogP contribution in [0.25, 0.3) is 0 Å². The number of piperazine rings is 1. The van der Waals surface area contributed by atoms with Gasteiger partial charge in [0, 0.05) is 26.2 Å². The predicted octanol–water partition coefficient (Wildman–Crippen LogP) is -0.716. The summed E-state index contributed by atoms with van der Waals surface area (Å²) in [5.74, 6) is 0.129. The number of aliphatic hydroxyl groups excluding tert-OH is 2. The SMILES string of the molecule is CCCCN1CCN(CC(O)CO)CC1=O. The van der Waals surface area contributed by atoms with Gasteiger partial charge in [0.2, 0.25) is 5.91 Å². The van der Waals surface area contributed by atoms with E-state index in [1.807, 2.05) is 9.80 Å². The molecule has 0 aromatic heterocycles. The Hall–Kier alpha value is -0.650. The molecular formula is C11H22N2O3. The first-order chi connectivity index (χ1) is 7.67. The first-order valence-electron chi connectivity index (χ1n) is 5.96. The zero-order chi connectivity index (χ0) is 12.0. The van der Waals surface area contributed by atoms with Gasteiger partial charge in [-0.2, -0.15) is 0 Å². The third-order valence-electron chi connectivity index (χ3n) is 2.86. The fraction of sp³-hybridized carbons (Fsp3) is 0.909. The molecule has 1 aliphatic heterocycles. The Kier molecular flexibility index (Phi) is 5.73. The summed E-state index contributed by atoms with van der Waals surface area (Å²) in [6.45, 7) is 4.96. The summed E-state index contributed by atoms with van der Waals surface area (Å²) in [6.07, 6.45) is 1.40. The Morgan fingerprint density at radius 2 is 2.19 bits per heavy atom. The Balaban J connectivity index is 2.30. The minimum absolute atomic E-state index is 0.129. The molecule has 1 heterocycles. The molecule has 16 heavy (non-hydrogen) atoms. The molecular weight excluding hydrogens is 208 g/mol. The van der Waals surface area contributed by atoms with Crippen molar-refractivity contribution < 1.29 is 15.0 Å². The molecule has 1 rings (SSSR count). The van der Waals surface area contributed by atoms with Gasteiger partial charge in [0.05, 0.1) is 19.3 Å². The first-order valence-corrected chi connectivity index (χ1v) is 5.96. The van der Waals surface area contributed by atoms with Gasteiger partial charge in [-0.1, -0.05) is 13.3 Å². The van der Waals surface area contributed by atoms with Crippen molar-refractivity contribution in [1.82, 2.24) is 9.80 Å². The summed E-state index contributed by atoms with van der Waals surface area (Å²) < 4.78 is 0. The number of β-amino-alcohol motifs (C(OH)–C–C–N with tert-alkyl or cyclic N) is 1. The molecule has 1 aliphatic rings. The average molecular weight is 230 g/mol. The van der Waals surface area contributed by atoms with E-state index in [2.05, 4.69) is 6.92 Å². The number of rotatable bonds is 6.